The maximum atomic E-state index is 6.63. The van der Waals surface area contributed by atoms with Gasteiger partial charge in [-0.25, -0.2) is 0 Å². The molecule has 2 heterocycles. The zero-order valence-electron chi connectivity index (χ0n) is 23.0. The van der Waals surface area contributed by atoms with Crippen molar-refractivity contribution in [1.82, 2.24) is 0 Å². The van der Waals surface area contributed by atoms with E-state index in [-0.39, 0.29) is 5.41 Å². The number of hydrogen-bond donors (Lipinski definition) is 0. The topological polar surface area (TPSA) is 22.4 Å². The molecule has 0 spiro atoms. The van der Waals surface area contributed by atoms with E-state index in [1.807, 2.05) is 12.1 Å². The molecule has 196 valence electrons. The van der Waals surface area contributed by atoms with Crippen LogP contribution in [-0.2, 0) is 5.41 Å². The van der Waals surface area contributed by atoms with Crippen LogP contribution in [0.25, 0.3) is 55.3 Å². The van der Waals surface area contributed by atoms with Gasteiger partial charge in [0.05, 0.1) is 0 Å². The first kappa shape index (κ1) is 23.8. The number of rotatable bonds is 3. The van der Waals surface area contributed by atoms with Crippen LogP contribution in [0.4, 0.5) is 0 Å². The van der Waals surface area contributed by atoms with Gasteiger partial charge in [-0.1, -0.05) is 135 Å². The van der Waals surface area contributed by atoms with E-state index in [0.29, 0.717) is 0 Å². The van der Waals surface area contributed by atoms with Crippen molar-refractivity contribution >= 4 is 21.9 Å². The maximum Gasteiger partial charge on any atom is 0.143 e. The molecule has 0 aliphatic carbocycles. The van der Waals surface area contributed by atoms with Crippen molar-refractivity contribution in [1.29, 1.82) is 0 Å². The lowest BCUT2D eigenvalue weighted by Gasteiger charge is -2.34. The van der Waals surface area contributed by atoms with Gasteiger partial charge in [-0.3, -0.25) is 0 Å². The van der Waals surface area contributed by atoms with E-state index in [9.17, 15) is 0 Å². The summed E-state index contributed by atoms with van der Waals surface area (Å²) in [6, 6.07) is 47.0. The van der Waals surface area contributed by atoms with Gasteiger partial charge in [-0.05, 0) is 34.4 Å². The van der Waals surface area contributed by atoms with Crippen LogP contribution >= 0.6 is 0 Å². The lowest BCUT2D eigenvalue weighted by atomic mass is 9.75. The van der Waals surface area contributed by atoms with Gasteiger partial charge in [0.2, 0.25) is 0 Å². The molecule has 0 radical (unpaired) electrons. The Balaban J connectivity index is 1.18. The van der Waals surface area contributed by atoms with Crippen molar-refractivity contribution in [3.05, 3.63) is 145 Å². The third kappa shape index (κ3) is 3.72. The molecule has 0 bridgehead atoms. The molecule has 8 rings (SSSR count). The van der Waals surface area contributed by atoms with E-state index >= 15 is 0 Å². The Kier molecular flexibility index (Phi) is 5.20. The average Bonchev–Trinajstić information content (AvgIpc) is 3.41. The predicted octanol–water partition coefficient (Wildman–Crippen LogP) is 11.0. The van der Waals surface area contributed by atoms with Crippen LogP contribution in [0, 0.1) is 0 Å². The van der Waals surface area contributed by atoms with Gasteiger partial charge in [0.1, 0.15) is 22.7 Å². The summed E-state index contributed by atoms with van der Waals surface area (Å²) in [5, 5.41) is 2.27. The second-order valence-corrected chi connectivity index (χ2v) is 11.3. The Hall–Kier alpha value is -5.08. The summed E-state index contributed by atoms with van der Waals surface area (Å²) in [6.07, 6.45) is 0. The third-order valence-corrected chi connectivity index (χ3v) is 8.57. The molecule has 2 heteroatoms. The molecule has 0 N–H and O–H groups in total. The number of ether oxygens (including phenoxy) is 1. The Morgan fingerprint density at radius 2 is 1.00 bits per heavy atom. The standard InChI is InChI=1S/C39H28O2/c1-39(2)33-16-6-7-17-35(33)40-36-24-28(22-23-34(36)39)25-18-20-27(21-19-25)30-13-9-15-32-31-14-8-12-29(37(31)41-38(30)32)26-10-4-3-5-11-26/h3-24H,1-2H3. The molecule has 0 fully saturated rings. The molecule has 0 atom stereocenters. The van der Waals surface area contributed by atoms with Crippen LogP contribution in [0.15, 0.2) is 138 Å². The fraction of sp³-hybridized carbons (Fsp3) is 0.0769. The van der Waals surface area contributed by atoms with Gasteiger partial charge >= 0.3 is 0 Å². The molecule has 0 amide bonds. The van der Waals surface area contributed by atoms with Gasteiger partial charge in [0.15, 0.2) is 0 Å². The van der Waals surface area contributed by atoms with E-state index in [4.69, 9.17) is 9.15 Å². The van der Waals surface area contributed by atoms with Crippen LogP contribution in [0.2, 0.25) is 0 Å². The summed E-state index contributed by atoms with van der Waals surface area (Å²) < 4.78 is 13.0. The highest BCUT2D eigenvalue weighted by atomic mass is 16.5. The minimum absolute atomic E-state index is 0.113. The van der Waals surface area contributed by atoms with Gasteiger partial charge in [-0.15, -0.1) is 0 Å². The number of para-hydroxylation sites is 3. The van der Waals surface area contributed by atoms with Crippen molar-refractivity contribution < 1.29 is 9.15 Å². The van der Waals surface area contributed by atoms with Crippen LogP contribution in [-0.4, -0.2) is 0 Å². The Labute approximate surface area is 239 Å². The number of hydrogen-bond acceptors (Lipinski definition) is 2. The first-order chi connectivity index (χ1) is 20.1. The van der Waals surface area contributed by atoms with Crippen LogP contribution in [0.5, 0.6) is 11.5 Å². The smallest absolute Gasteiger partial charge is 0.143 e. The number of furan rings is 1. The van der Waals surface area contributed by atoms with E-state index < -0.39 is 0 Å². The largest absolute Gasteiger partial charge is 0.457 e. The summed E-state index contributed by atoms with van der Waals surface area (Å²) in [5.74, 6) is 1.86. The van der Waals surface area contributed by atoms with E-state index in [0.717, 1.165) is 66.8 Å². The first-order valence-corrected chi connectivity index (χ1v) is 14.1. The minimum Gasteiger partial charge on any atom is -0.457 e. The zero-order valence-corrected chi connectivity index (χ0v) is 23.0. The van der Waals surface area contributed by atoms with E-state index in [1.54, 1.807) is 0 Å². The molecule has 7 aromatic rings. The highest BCUT2D eigenvalue weighted by Crippen LogP contribution is 2.48. The second-order valence-electron chi connectivity index (χ2n) is 11.3. The maximum absolute atomic E-state index is 6.63. The molecule has 2 nitrogen and oxygen atoms in total. The molecule has 0 unspecified atom stereocenters. The van der Waals surface area contributed by atoms with Gasteiger partial charge in [0.25, 0.3) is 0 Å². The van der Waals surface area contributed by atoms with Gasteiger partial charge < -0.3 is 9.15 Å². The van der Waals surface area contributed by atoms with Crippen molar-refractivity contribution in [2.45, 2.75) is 19.3 Å². The average molecular weight is 529 g/mol. The highest BCUT2D eigenvalue weighted by Gasteiger charge is 2.34. The summed E-state index contributed by atoms with van der Waals surface area (Å²) in [7, 11) is 0. The second kappa shape index (κ2) is 8.97. The summed E-state index contributed by atoms with van der Waals surface area (Å²) >= 11 is 0. The van der Waals surface area contributed by atoms with Crippen molar-refractivity contribution in [2.24, 2.45) is 0 Å². The van der Waals surface area contributed by atoms with E-state index in [2.05, 4.69) is 135 Å². The summed E-state index contributed by atoms with van der Waals surface area (Å²) in [5.41, 5.74) is 10.9. The number of fused-ring (bicyclic) bond motifs is 5. The molecule has 1 aliphatic heterocycles. The molecular formula is C39H28O2. The summed E-state index contributed by atoms with van der Waals surface area (Å²) in [4.78, 5) is 0. The third-order valence-electron chi connectivity index (χ3n) is 8.57. The van der Waals surface area contributed by atoms with Gasteiger partial charge in [-0.2, -0.15) is 0 Å². The Morgan fingerprint density at radius 3 is 1.71 bits per heavy atom. The minimum atomic E-state index is -0.113. The van der Waals surface area contributed by atoms with E-state index in [1.165, 1.54) is 11.1 Å². The Bertz CT molecular complexity index is 2080. The molecule has 1 aliphatic rings. The highest BCUT2D eigenvalue weighted by molar-refractivity contribution is 6.13. The molecular weight excluding hydrogens is 500 g/mol. The molecule has 1 aromatic heterocycles. The SMILES string of the molecule is CC1(C)c2ccccc2Oc2cc(-c3ccc(-c4cccc5c4oc4c(-c6ccccc6)cccc45)cc3)ccc21. The molecule has 6 aromatic carbocycles. The quantitative estimate of drug-likeness (QED) is 0.228. The predicted molar refractivity (Wildman–Crippen MR) is 169 cm³/mol. The zero-order chi connectivity index (χ0) is 27.6. The van der Waals surface area contributed by atoms with Crippen LogP contribution in [0.3, 0.4) is 0 Å². The molecule has 0 saturated carbocycles. The molecule has 41 heavy (non-hydrogen) atoms. The first-order valence-electron chi connectivity index (χ1n) is 14.1. The van der Waals surface area contributed by atoms with Crippen molar-refractivity contribution in [2.75, 3.05) is 0 Å². The lowest BCUT2D eigenvalue weighted by molar-refractivity contribution is 0.418. The van der Waals surface area contributed by atoms with Crippen molar-refractivity contribution in [3.8, 4) is 44.9 Å². The lowest BCUT2D eigenvalue weighted by Crippen LogP contribution is -2.24. The number of benzene rings is 6. The Morgan fingerprint density at radius 1 is 0.439 bits per heavy atom. The monoisotopic (exact) mass is 528 g/mol. The fourth-order valence-corrected chi connectivity index (χ4v) is 6.37. The normalized spacial score (nSPS) is 13.5. The molecule has 0 saturated heterocycles. The summed E-state index contributed by atoms with van der Waals surface area (Å²) in [6.45, 7) is 4.53. The van der Waals surface area contributed by atoms with Crippen LogP contribution in [0.1, 0.15) is 25.0 Å². The fourth-order valence-electron chi connectivity index (χ4n) is 6.37. The van der Waals surface area contributed by atoms with Gasteiger partial charge in [0, 0.05) is 38.4 Å². The van der Waals surface area contributed by atoms with Crippen LogP contribution < -0.4 is 4.74 Å². The van der Waals surface area contributed by atoms with Crippen molar-refractivity contribution in [3.63, 3.8) is 0 Å².